The zero-order valence-corrected chi connectivity index (χ0v) is 15.0. The van der Waals surface area contributed by atoms with Crippen molar-refractivity contribution in [2.24, 2.45) is 0 Å². The molecule has 23 heavy (non-hydrogen) atoms. The summed E-state index contributed by atoms with van der Waals surface area (Å²) in [6.07, 6.45) is 0. The smallest absolute Gasteiger partial charge is 0.187 e. The van der Waals surface area contributed by atoms with E-state index in [0.29, 0.717) is 5.92 Å². The molecule has 0 unspecified atom stereocenters. The van der Waals surface area contributed by atoms with Crippen LogP contribution in [0.3, 0.4) is 0 Å². The number of nitrogens with one attached hydrogen (secondary N) is 1. The summed E-state index contributed by atoms with van der Waals surface area (Å²) in [5, 5.41) is 7.02. The molecule has 1 aromatic heterocycles. The molecule has 118 valence electrons. The first-order valence-corrected chi connectivity index (χ1v) is 8.88. The Kier molecular flexibility index (Phi) is 4.69. The van der Waals surface area contributed by atoms with Gasteiger partial charge in [0, 0.05) is 21.7 Å². The summed E-state index contributed by atoms with van der Waals surface area (Å²) in [6, 6.07) is 14.6. The van der Waals surface area contributed by atoms with Gasteiger partial charge in [-0.3, -0.25) is 0 Å². The molecule has 0 atom stereocenters. The van der Waals surface area contributed by atoms with Crippen LogP contribution in [0.15, 0.2) is 47.8 Å². The first kappa shape index (κ1) is 16.0. The lowest BCUT2D eigenvalue weighted by molar-refractivity contribution is 0.867. The average Bonchev–Trinajstić information content (AvgIpc) is 2.99. The number of benzene rings is 2. The van der Waals surface area contributed by atoms with Gasteiger partial charge in [-0.15, -0.1) is 11.3 Å². The molecule has 0 amide bonds. The number of hydrogen-bond donors (Lipinski definition) is 1. The first-order valence-electron chi connectivity index (χ1n) is 7.62. The molecule has 2 nitrogen and oxygen atoms in total. The number of rotatable bonds is 4. The maximum Gasteiger partial charge on any atom is 0.187 e. The van der Waals surface area contributed by atoms with Crippen LogP contribution in [0.4, 0.5) is 10.8 Å². The Morgan fingerprint density at radius 1 is 1.09 bits per heavy atom. The Morgan fingerprint density at radius 2 is 1.83 bits per heavy atom. The number of anilines is 2. The van der Waals surface area contributed by atoms with Crippen LogP contribution in [0.2, 0.25) is 5.02 Å². The van der Waals surface area contributed by atoms with Gasteiger partial charge in [0.25, 0.3) is 0 Å². The zero-order valence-electron chi connectivity index (χ0n) is 13.4. The topological polar surface area (TPSA) is 24.9 Å². The fraction of sp³-hybridized carbons (Fsp3) is 0.211. The van der Waals surface area contributed by atoms with E-state index in [0.717, 1.165) is 32.7 Å². The van der Waals surface area contributed by atoms with Gasteiger partial charge in [-0.2, -0.15) is 0 Å². The van der Waals surface area contributed by atoms with Crippen LogP contribution >= 0.6 is 22.9 Å². The summed E-state index contributed by atoms with van der Waals surface area (Å²) in [5.74, 6) is 0.544. The van der Waals surface area contributed by atoms with Gasteiger partial charge in [0.2, 0.25) is 0 Å². The second-order valence-corrected chi connectivity index (χ2v) is 7.17. The van der Waals surface area contributed by atoms with Gasteiger partial charge in [0.05, 0.1) is 5.69 Å². The Labute approximate surface area is 146 Å². The molecular formula is C19H19ClN2S. The minimum Gasteiger partial charge on any atom is -0.331 e. The third kappa shape index (κ3) is 3.74. The van der Waals surface area contributed by atoms with Crippen LogP contribution in [0.25, 0.3) is 11.3 Å². The van der Waals surface area contributed by atoms with Gasteiger partial charge in [-0.1, -0.05) is 55.8 Å². The monoisotopic (exact) mass is 342 g/mol. The van der Waals surface area contributed by atoms with E-state index >= 15 is 0 Å². The molecule has 4 heteroatoms. The Hall–Kier alpha value is -1.84. The summed E-state index contributed by atoms with van der Waals surface area (Å²) in [7, 11) is 0. The van der Waals surface area contributed by atoms with Crippen LogP contribution in [0.5, 0.6) is 0 Å². The highest BCUT2D eigenvalue weighted by atomic mass is 35.5. The van der Waals surface area contributed by atoms with Gasteiger partial charge in [-0.25, -0.2) is 4.98 Å². The standard InChI is InChI=1S/C19H19ClN2S/c1-12(2)14-5-7-15(8-6-14)18-11-23-19(22-18)21-16-9-4-13(3)17(20)10-16/h4-12H,1-3H3,(H,21,22). The van der Waals surface area contributed by atoms with E-state index in [1.807, 2.05) is 25.1 Å². The van der Waals surface area contributed by atoms with Crippen LogP contribution in [-0.2, 0) is 0 Å². The minimum absolute atomic E-state index is 0.544. The number of aryl methyl sites for hydroxylation is 1. The lowest BCUT2D eigenvalue weighted by atomic mass is 10.0. The van der Waals surface area contributed by atoms with Crippen LogP contribution in [0, 0.1) is 6.92 Å². The number of thiazole rings is 1. The van der Waals surface area contributed by atoms with Crippen molar-refractivity contribution in [2.45, 2.75) is 26.7 Å². The fourth-order valence-electron chi connectivity index (χ4n) is 2.30. The fourth-order valence-corrected chi connectivity index (χ4v) is 3.22. The molecule has 3 rings (SSSR count). The summed E-state index contributed by atoms with van der Waals surface area (Å²) < 4.78 is 0. The Bertz CT molecular complexity index is 806. The van der Waals surface area contributed by atoms with Crippen molar-refractivity contribution >= 4 is 33.8 Å². The Morgan fingerprint density at radius 3 is 2.48 bits per heavy atom. The van der Waals surface area contributed by atoms with Crippen molar-refractivity contribution in [3.63, 3.8) is 0 Å². The average molecular weight is 343 g/mol. The van der Waals surface area contributed by atoms with Crippen molar-refractivity contribution in [2.75, 3.05) is 5.32 Å². The summed E-state index contributed by atoms with van der Waals surface area (Å²) in [6.45, 7) is 6.40. The van der Waals surface area contributed by atoms with Gasteiger partial charge >= 0.3 is 0 Å². The molecule has 0 saturated heterocycles. The molecule has 2 aromatic carbocycles. The molecule has 0 aliphatic carbocycles. The van der Waals surface area contributed by atoms with E-state index in [2.05, 4.69) is 53.8 Å². The summed E-state index contributed by atoms with van der Waals surface area (Å²) in [5.41, 5.74) is 5.50. The normalized spacial score (nSPS) is 11.0. The van der Waals surface area contributed by atoms with Crippen molar-refractivity contribution in [3.05, 3.63) is 64.0 Å². The van der Waals surface area contributed by atoms with Gasteiger partial charge in [0.15, 0.2) is 5.13 Å². The molecule has 0 radical (unpaired) electrons. The lowest BCUT2D eigenvalue weighted by Crippen LogP contribution is -1.90. The van der Waals surface area contributed by atoms with Gasteiger partial charge in [0.1, 0.15) is 0 Å². The number of aromatic nitrogens is 1. The molecule has 0 bridgehead atoms. The third-order valence-electron chi connectivity index (χ3n) is 3.80. The highest BCUT2D eigenvalue weighted by molar-refractivity contribution is 7.14. The molecule has 0 aliphatic heterocycles. The van der Waals surface area contributed by atoms with Gasteiger partial charge in [-0.05, 0) is 36.1 Å². The van der Waals surface area contributed by atoms with E-state index < -0.39 is 0 Å². The first-order chi connectivity index (χ1) is 11.0. The second-order valence-electron chi connectivity index (χ2n) is 5.90. The second kappa shape index (κ2) is 6.73. The van der Waals surface area contributed by atoms with Crippen LogP contribution in [-0.4, -0.2) is 4.98 Å². The van der Waals surface area contributed by atoms with Crippen LogP contribution < -0.4 is 5.32 Å². The van der Waals surface area contributed by atoms with Crippen molar-refractivity contribution in [1.29, 1.82) is 0 Å². The van der Waals surface area contributed by atoms with Gasteiger partial charge < -0.3 is 5.32 Å². The molecule has 0 saturated carbocycles. The largest absolute Gasteiger partial charge is 0.331 e. The number of nitrogens with zero attached hydrogens (tertiary/aromatic N) is 1. The highest BCUT2D eigenvalue weighted by Gasteiger charge is 2.07. The maximum atomic E-state index is 6.16. The molecule has 0 fully saturated rings. The number of hydrogen-bond acceptors (Lipinski definition) is 3. The lowest BCUT2D eigenvalue weighted by Gasteiger charge is -2.06. The zero-order chi connectivity index (χ0) is 16.4. The van der Waals surface area contributed by atoms with Crippen molar-refractivity contribution in [1.82, 2.24) is 4.98 Å². The summed E-state index contributed by atoms with van der Waals surface area (Å²) >= 11 is 7.76. The minimum atomic E-state index is 0.544. The van der Waals surface area contributed by atoms with Crippen molar-refractivity contribution in [3.8, 4) is 11.3 Å². The Balaban J connectivity index is 1.78. The van der Waals surface area contributed by atoms with E-state index in [4.69, 9.17) is 11.6 Å². The quantitative estimate of drug-likeness (QED) is 0.574. The third-order valence-corrected chi connectivity index (χ3v) is 4.97. The molecular weight excluding hydrogens is 324 g/mol. The predicted octanol–water partition coefficient (Wildman–Crippen LogP) is 6.64. The van der Waals surface area contributed by atoms with E-state index in [1.165, 1.54) is 5.56 Å². The molecule has 0 aliphatic rings. The predicted molar refractivity (Wildman–Crippen MR) is 101 cm³/mol. The maximum absolute atomic E-state index is 6.16. The van der Waals surface area contributed by atoms with Crippen LogP contribution in [0.1, 0.15) is 30.9 Å². The number of halogens is 1. The molecule has 1 N–H and O–H groups in total. The summed E-state index contributed by atoms with van der Waals surface area (Å²) in [4.78, 5) is 4.67. The molecule has 3 aromatic rings. The van der Waals surface area contributed by atoms with E-state index in [1.54, 1.807) is 11.3 Å². The van der Waals surface area contributed by atoms with E-state index in [-0.39, 0.29) is 0 Å². The molecule has 0 spiro atoms. The van der Waals surface area contributed by atoms with E-state index in [9.17, 15) is 0 Å². The molecule has 1 heterocycles. The van der Waals surface area contributed by atoms with Crippen molar-refractivity contribution < 1.29 is 0 Å². The SMILES string of the molecule is Cc1ccc(Nc2nc(-c3ccc(C(C)C)cc3)cs2)cc1Cl. The highest BCUT2D eigenvalue weighted by Crippen LogP contribution is 2.29.